The molecule has 0 bridgehead atoms. The maximum absolute atomic E-state index is 13.2. The van der Waals surface area contributed by atoms with E-state index < -0.39 is 0 Å². The first-order valence-corrected chi connectivity index (χ1v) is 10.9. The highest BCUT2D eigenvalue weighted by molar-refractivity contribution is 7.10. The van der Waals surface area contributed by atoms with Crippen LogP contribution in [0.25, 0.3) is 11.1 Å². The first-order chi connectivity index (χ1) is 14.6. The molecular weight excluding hydrogens is 397 g/mol. The lowest BCUT2D eigenvalue weighted by atomic mass is 9.96. The molecule has 0 radical (unpaired) electrons. The molecule has 1 aromatic heterocycles. The molecule has 4 rings (SSSR count). The van der Waals surface area contributed by atoms with Crippen LogP contribution in [0.15, 0.2) is 78.7 Å². The molecule has 1 aliphatic rings. The summed E-state index contributed by atoms with van der Waals surface area (Å²) in [7, 11) is 0. The molecule has 30 heavy (non-hydrogen) atoms. The van der Waals surface area contributed by atoms with Crippen molar-refractivity contribution in [1.82, 2.24) is 4.90 Å². The molecule has 154 valence electrons. The van der Waals surface area contributed by atoms with Gasteiger partial charge in [0.2, 0.25) is 0 Å². The van der Waals surface area contributed by atoms with Crippen LogP contribution in [0.4, 0.5) is 9.18 Å². The van der Waals surface area contributed by atoms with E-state index >= 15 is 0 Å². The number of cyclic esters (lactones) is 1. The number of carbonyl (C=O) groups is 1. The van der Waals surface area contributed by atoms with Gasteiger partial charge in [-0.25, -0.2) is 9.18 Å². The Balaban J connectivity index is 1.60. The number of halogens is 1. The van der Waals surface area contributed by atoms with E-state index in [1.165, 1.54) is 12.1 Å². The molecule has 5 heteroatoms. The van der Waals surface area contributed by atoms with Crippen LogP contribution in [-0.2, 0) is 4.74 Å². The molecule has 1 saturated heterocycles. The molecule has 0 spiro atoms. The molecule has 0 aliphatic carbocycles. The fourth-order valence-electron chi connectivity index (χ4n) is 3.99. The Morgan fingerprint density at radius 3 is 2.43 bits per heavy atom. The van der Waals surface area contributed by atoms with E-state index in [9.17, 15) is 9.18 Å². The lowest BCUT2D eigenvalue weighted by Gasteiger charge is -2.41. The minimum absolute atomic E-state index is 0.0250. The molecule has 1 fully saturated rings. The largest absolute Gasteiger partial charge is 0.446 e. The Morgan fingerprint density at radius 1 is 1.17 bits per heavy atom. The maximum Gasteiger partial charge on any atom is 0.411 e. The average Bonchev–Trinajstić information content (AvgIpc) is 3.29. The summed E-state index contributed by atoms with van der Waals surface area (Å²) in [4.78, 5) is 16.0. The summed E-state index contributed by atoms with van der Waals surface area (Å²) in [6.07, 6.45) is 2.77. The fraction of sp³-hybridized carbons (Fsp3) is 0.240. The number of carbonyl (C=O) groups excluding carboxylic acids is 1. The summed E-state index contributed by atoms with van der Waals surface area (Å²) in [6.45, 7) is 5.81. The second-order valence-corrected chi connectivity index (χ2v) is 8.49. The summed E-state index contributed by atoms with van der Waals surface area (Å²) in [5.74, 6) is -0.248. The summed E-state index contributed by atoms with van der Waals surface area (Å²) >= 11 is 1.66. The Labute approximate surface area is 180 Å². The molecule has 0 unspecified atom stereocenters. The van der Waals surface area contributed by atoms with Gasteiger partial charge in [0.15, 0.2) is 0 Å². The van der Waals surface area contributed by atoms with Crippen LogP contribution in [-0.4, -0.2) is 17.1 Å². The highest BCUT2D eigenvalue weighted by Gasteiger charge is 2.39. The van der Waals surface area contributed by atoms with Crippen LogP contribution in [0.1, 0.15) is 42.3 Å². The van der Waals surface area contributed by atoms with Gasteiger partial charge in [0.25, 0.3) is 0 Å². The molecule has 0 saturated carbocycles. The Bertz CT molecular complexity index is 999. The highest BCUT2D eigenvalue weighted by Crippen LogP contribution is 2.40. The van der Waals surface area contributed by atoms with Crippen molar-refractivity contribution in [2.24, 2.45) is 0 Å². The predicted molar refractivity (Wildman–Crippen MR) is 119 cm³/mol. The number of thiophene rings is 1. The predicted octanol–water partition coefficient (Wildman–Crippen LogP) is 7.14. The molecule has 2 heterocycles. The van der Waals surface area contributed by atoms with Crippen LogP contribution in [0.3, 0.4) is 0 Å². The van der Waals surface area contributed by atoms with Gasteiger partial charge < -0.3 is 4.74 Å². The second-order valence-electron chi connectivity index (χ2n) is 7.51. The van der Waals surface area contributed by atoms with Crippen molar-refractivity contribution in [2.75, 3.05) is 0 Å². The molecule has 3 nitrogen and oxygen atoms in total. The number of nitrogens with zero attached hydrogens (tertiary/aromatic N) is 1. The lowest BCUT2D eigenvalue weighted by molar-refractivity contribution is -0.0140. The van der Waals surface area contributed by atoms with Gasteiger partial charge in [0, 0.05) is 17.7 Å². The van der Waals surface area contributed by atoms with E-state index in [0.717, 1.165) is 28.0 Å². The molecule has 2 aromatic carbocycles. The number of ether oxygens (including phenoxy) is 1. The molecule has 1 amide bonds. The molecule has 3 atom stereocenters. The Hall–Kier alpha value is -2.92. The van der Waals surface area contributed by atoms with Crippen molar-refractivity contribution in [2.45, 2.75) is 38.0 Å². The van der Waals surface area contributed by atoms with Crippen LogP contribution in [0.2, 0.25) is 0 Å². The number of rotatable bonds is 6. The first kappa shape index (κ1) is 20.4. The molecular formula is C25H24FNO2S. The van der Waals surface area contributed by atoms with Crippen LogP contribution in [0, 0.1) is 5.82 Å². The van der Waals surface area contributed by atoms with Crippen molar-refractivity contribution in [3.63, 3.8) is 0 Å². The van der Waals surface area contributed by atoms with Crippen molar-refractivity contribution in [3.05, 3.63) is 95.0 Å². The molecule has 3 aromatic rings. The van der Waals surface area contributed by atoms with E-state index in [0.29, 0.717) is 6.42 Å². The standard InChI is InChI=1S/C25H24FNO2S/c1-3-5-22-16-23(24-6-4-15-30-24)27(25(28)29-22)17(2)18-7-9-19(10-8-18)20-11-13-21(26)14-12-20/h3-4,6-15,17,22-23H,1,5,16H2,2H3/t17-,22-,23-/m0/s1. The van der Waals surface area contributed by atoms with E-state index in [2.05, 4.69) is 12.6 Å². The van der Waals surface area contributed by atoms with Gasteiger partial charge in [-0.3, -0.25) is 4.90 Å². The maximum atomic E-state index is 13.2. The van der Waals surface area contributed by atoms with Crippen molar-refractivity contribution >= 4 is 17.4 Å². The van der Waals surface area contributed by atoms with E-state index in [-0.39, 0.29) is 30.1 Å². The van der Waals surface area contributed by atoms with Gasteiger partial charge in [0.1, 0.15) is 11.9 Å². The third-order valence-electron chi connectivity index (χ3n) is 5.59. The Morgan fingerprint density at radius 2 is 1.83 bits per heavy atom. The zero-order valence-electron chi connectivity index (χ0n) is 16.8. The number of benzene rings is 2. The normalized spacial score (nSPS) is 19.9. The SMILES string of the molecule is C=CC[C@H]1C[C@@H](c2cccs2)N([C@@H](C)c2ccc(-c3ccc(F)cc3)cc2)C(=O)O1. The summed E-state index contributed by atoms with van der Waals surface area (Å²) in [5, 5.41) is 2.04. The molecule has 1 aliphatic heterocycles. The fourth-order valence-corrected chi connectivity index (χ4v) is 4.83. The summed E-state index contributed by atoms with van der Waals surface area (Å²) in [5.41, 5.74) is 2.99. The zero-order valence-corrected chi connectivity index (χ0v) is 17.6. The third kappa shape index (κ3) is 4.17. The molecule has 0 N–H and O–H groups in total. The summed E-state index contributed by atoms with van der Waals surface area (Å²) in [6, 6.07) is 18.4. The highest BCUT2D eigenvalue weighted by atomic mass is 32.1. The van der Waals surface area contributed by atoms with Gasteiger partial charge in [-0.15, -0.1) is 17.9 Å². The van der Waals surface area contributed by atoms with Crippen molar-refractivity contribution in [1.29, 1.82) is 0 Å². The Kier molecular flexibility index (Phi) is 6.00. The lowest BCUT2D eigenvalue weighted by Crippen LogP contribution is -2.45. The number of amides is 1. The quantitative estimate of drug-likeness (QED) is 0.396. The third-order valence-corrected chi connectivity index (χ3v) is 6.56. The van der Waals surface area contributed by atoms with E-state index in [1.807, 2.05) is 47.5 Å². The topological polar surface area (TPSA) is 29.5 Å². The number of hydrogen-bond donors (Lipinski definition) is 0. The number of hydrogen-bond acceptors (Lipinski definition) is 3. The zero-order chi connectivity index (χ0) is 21.1. The minimum Gasteiger partial charge on any atom is -0.446 e. The van der Waals surface area contributed by atoms with Gasteiger partial charge in [0.05, 0.1) is 12.1 Å². The van der Waals surface area contributed by atoms with Gasteiger partial charge >= 0.3 is 6.09 Å². The van der Waals surface area contributed by atoms with Crippen LogP contribution in [0.5, 0.6) is 0 Å². The van der Waals surface area contributed by atoms with Gasteiger partial charge in [-0.1, -0.05) is 48.5 Å². The van der Waals surface area contributed by atoms with Crippen LogP contribution >= 0.6 is 11.3 Å². The van der Waals surface area contributed by atoms with E-state index in [1.54, 1.807) is 29.5 Å². The average molecular weight is 422 g/mol. The van der Waals surface area contributed by atoms with Gasteiger partial charge in [-0.2, -0.15) is 0 Å². The van der Waals surface area contributed by atoms with Crippen molar-refractivity contribution < 1.29 is 13.9 Å². The van der Waals surface area contributed by atoms with Crippen LogP contribution < -0.4 is 0 Å². The second kappa shape index (κ2) is 8.84. The van der Waals surface area contributed by atoms with Crippen molar-refractivity contribution in [3.8, 4) is 11.1 Å². The van der Waals surface area contributed by atoms with E-state index in [4.69, 9.17) is 4.74 Å². The first-order valence-electron chi connectivity index (χ1n) is 10.1. The van der Waals surface area contributed by atoms with Gasteiger partial charge in [-0.05, 0) is 47.2 Å². The summed E-state index contributed by atoms with van der Waals surface area (Å²) < 4.78 is 18.9. The minimum atomic E-state index is -0.290. The smallest absolute Gasteiger partial charge is 0.411 e. The monoisotopic (exact) mass is 421 g/mol.